The minimum atomic E-state index is -4.29. The lowest BCUT2D eigenvalue weighted by atomic mass is 9.83. The zero-order valence-electron chi connectivity index (χ0n) is 11.1. The molecule has 0 radical (unpaired) electrons. The molecule has 0 amide bonds. The molecule has 4 heteroatoms. The van der Waals surface area contributed by atoms with Crippen molar-refractivity contribution in [1.82, 2.24) is 0 Å². The van der Waals surface area contributed by atoms with Gasteiger partial charge in [0, 0.05) is 12.2 Å². The molecular weight excluding hydrogens is 251 g/mol. The van der Waals surface area contributed by atoms with Crippen molar-refractivity contribution in [2.24, 2.45) is 11.8 Å². The van der Waals surface area contributed by atoms with Crippen molar-refractivity contribution in [2.75, 3.05) is 11.9 Å². The van der Waals surface area contributed by atoms with Crippen LogP contribution in [-0.2, 0) is 6.18 Å². The molecule has 1 fully saturated rings. The van der Waals surface area contributed by atoms with Gasteiger partial charge in [-0.3, -0.25) is 0 Å². The summed E-state index contributed by atoms with van der Waals surface area (Å²) < 4.78 is 38.5. The van der Waals surface area contributed by atoms with Gasteiger partial charge in [0.2, 0.25) is 0 Å². The average molecular weight is 271 g/mol. The summed E-state index contributed by atoms with van der Waals surface area (Å²) in [5, 5.41) is 2.98. The smallest absolute Gasteiger partial charge is 0.384 e. The summed E-state index contributed by atoms with van der Waals surface area (Å²) in [4.78, 5) is 0. The lowest BCUT2D eigenvalue weighted by Crippen LogP contribution is -2.21. The Bertz CT molecular complexity index is 406. The first-order valence-corrected chi connectivity index (χ1v) is 6.87. The molecule has 0 saturated heterocycles. The van der Waals surface area contributed by atoms with E-state index in [4.69, 9.17) is 0 Å². The van der Waals surface area contributed by atoms with Crippen LogP contribution in [0.1, 0.15) is 38.2 Å². The molecule has 1 aromatic carbocycles. The van der Waals surface area contributed by atoms with Gasteiger partial charge in [-0.1, -0.05) is 31.9 Å². The van der Waals surface area contributed by atoms with E-state index in [1.54, 1.807) is 6.07 Å². The molecule has 0 aliphatic heterocycles. The molecule has 0 spiro atoms. The van der Waals surface area contributed by atoms with Gasteiger partial charge in [0.1, 0.15) is 0 Å². The maximum atomic E-state index is 12.8. The molecule has 106 valence electrons. The molecule has 1 aliphatic carbocycles. The highest BCUT2D eigenvalue weighted by Crippen LogP contribution is 2.35. The number of rotatable bonds is 3. The van der Waals surface area contributed by atoms with Crippen molar-refractivity contribution < 1.29 is 13.2 Å². The van der Waals surface area contributed by atoms with Crippen LogP contribution in [0.5, 0.6) is 0 Å². The van der Waals surface area contributed by atoms with E-state index in [0.29, 0.717) is 12.5 Å². The zero-order chi connectivity index (χ0) is 13.9. The number of nitrogens with one attached hydrogen (secondary N) is 1. The topological polar surface area (TPSA) is 12.0 Å². The van der Waals surface area contributed by atoms with Gasteiger partial charge < -0.3 is 5.32 Å². The fraction of sp³-hybridized carbons (Fsp3) is 0.600. The van der Waals surface area contributed by atoms with Gasteiger partial charge in [-0.2, -0.15) is 13.2 Å². The second kappa shape index (κ2) is 5.85. The number of alkyl halides is 3. The van der Waals surface area contributed by atoms with Gasteiger partial charge >= 0.3 is 6.18 Å². The fourth-order valence-corrected chi connectivity index (χ4v) is 2.67. The van der Waals surface area contributed by atoms with E-state index in [1.807, 2.05) is 0 Å². The Labute approximate surface area is 112 Å². The predicted molar refractivity (Wildman–Crippen MR) is 71.1 cm³/mol. The molecule has 1 N–H and O–H groups in total. The van der Waals surface area contributed by atoms with Crippen molar-refractivity contribution >= 4 is 5.69 Å². The number of para-hydroxylation sites is 1. The minimum absolute atomic E-state index is 0.202. The molecule has 0 atom stereocenters. The summed E-state index contributed by atoms with van der Waals surface area (Å²) in [6.07, 6.45) is 0.315. The molecule has 0 heterocycles. The Morgan fingerprint density at radius 2 is 1.74 bits per heavy atom. The molecule has 1 nitrogen and oxygen atoms in total. The molecular formula is C15H20F3N. The average Bonchev–Trinajstić information content (AvgIpc) is 2.37. The first-order valence-electron chi connectivity index (χ1n) is 6.87. The Hall–Kier alpha value is -1.19. The van der Waals surface area contributed by atoms with Crippen molar-refractivity contribution in [1.29, 1.82) is 0 Å². The maximum absolute atomic E-state index is 12.8. The standard InChI is InChI=1S/C15H20F3N/c1-11-6-8-12(9-7-11)10-19-14-5-3-2-4-13(14)15(16,17)18/h2-5,11-12,19H,6-10H2,1H3. The second-order valence-corrected chi connectivity index (χ2v) is 5.55. The van der Waals surface area contributed by atoms with Gasteiger partial charge in [0.15, 0.2) is 0 Å². The van der Waals surface area contributed by atoms with E-state index in [1.165, 1.54) is 25.0 Å². The molecule has 0 bridgehead atoms. The number of benzene rings is 1. The first-order chi connectivity index (χ1) is 8.97. The van der Waals surface area contributed by atoms with Crippen LogP contribution in [0.15, 0.2) is 24.3 Å². The molecule has 0 unspecified atom stereocenters. The third-order valence-electron chi connectivity index (χ3n) is 3.95. The number of hydrogen-bond acceptors (Lipinski definition) is 1. The summed E-state index contributed by atoms with van der Waals surface area (Å²) in [7, 11) is 0. The van der Waals surface area contributed by atoms with E-state index < -0.39 is 11.7 Å². The van der Waals surface area contributed by atoms with Gasteiger partial charge in [-0.15, -0.1) is 0 Å². The van der Waals surface area contributed by atoms with Crippen LogP contribution in [0, 0.1) is 11.8 Å². The molecule has 1 saturated carbocycles. The van der Waals surface area contributed by atoms with Gasteiger partial charge in [-0.25, -0.2) is 0 Å². The predicted octanol–water partition coefficient (Wildman–Crippen LogP) is 4.94. The van der Waals surface area contributed by atoms with Crippen molar-refractivity contribution in [3.63, 3.8) is 0 Å². The Morgan fingerprint density at radius 1 is 1.11 bits per heavy atom. The Balaban J connectivity index is 1.96. The number of hydrogen-bond donors (Lipinski definition) is 1. The van der Waals surface area contributed by atoms with Crippen LogP contribution >= 0.6 is 0 Å². The summed E-state index contributed by atoms with van der Waals surface area (Å²) in [6.45, 7) is 2.88. The lowest BCUT2D eigenvalue weighted by molar-refractivity contribution is -0.136. The van der Waals surface area contributed by atoms with Crippen LogP contribution in [0.2, 0.25) is 0 Å². The minimum Gasteiger partial charge on any atom is -0.384 e. The van der Waals surface area contributed by atoms with E-state index >= 15 is 0 Å². The third-order valence-corrected chi connectivity index (χ3v) is 3.95. The van der Waals surface area contributed by atoms with Crippen LogP contribution in [0.3, 0.4) is 0 Å². The van der Waals surface area contributed by atoms with Gasteiger partial charge in [0.05, 0.1) is 5.56 Å². The second-order valence-electron chi connectivity index (χ2n) is 5.55. The molecule has 1 aromatic rings. The maximum Gasteiger partial charge on any atom is 0.418 e. The molecule has 19 heavy (non-hydrogen) atoms. The molecule has 0 aromatic heterocycles. The van der Waals surface area contributed by atoms with Crippen molar-refractivity contribution in [3.05, 3.63) is 29.8 Å². The van der Waals surface area contributed by atoms with E-state index in [-0.39, 0.29) is 5.69 Å². The summed E-state index contributed by atoms with van der Waals surface area (Å²) >= 11 is 0. The summed E-state index contributed by atoms with van der Waals surface area (Å²) in [6, 6.07) is 5.70. The first kappa shape index (κ1) is 14.2. The van der Waals surface area contributed by atoms with Crippen LogP contribution in [0.4, 0.5) is 18.9 Å². The highest BCUT2D eigenvalue weighted by Gasteiger charge is 2.33. The van der Waals surface area contributed by atoms with E-state index in [2.05, 4.69) is 12.2 Å². The Kier molecular flexibility index (Phi) is 4.38. The van der Waals surface area contributed by atoms with Crippen molar-refractivity contribution in [3.8, 4) is 0 Å². The summed E-state index contributed by atoms with van der Waals surface area (Å²) in [5.74, 6) is 1.26. The highest BCUT2D eigenvalue weighted by molar-refractivity contribution is 5.52. The number of anilines is 1. The van der Waals surface area contributed by atoms with Gasteiger partial charge in [0.25, 0.3) is 0 Å². The molecule has 2 rings (SSSR count). The monoisotopic (exact) mass is 271 g/mol. The van der Waals surface area contributed by atoms with E-state index in [9.17, 15) is 13.2 Å². The van der Waals surface area contributed by atoms with Gasteiger partial charge in [-0.05, 0) is 36.8 Å². The largest absolute Gasteiger partial charge is 0.418 e. The fourth-order valence-electron chi connectivity index (χ4n) is 2.67. The Morgan fingerprint density at radius 3 is 2.37 bits per heavy atom. The third kappa shape index (κ3) is 3.88. The highest BCUT2D eigenvalue weighted by atomic mass is 19.4. The van der Waals surface area contributed by atoms with Crippen LogP contribution in [0.25, 0.3) is 0 Å². The molecule has 1 aliphatic rings. The normalized spacial score (nSPS) is 24.2. The number of halogens is 3. The lowest BCUT2D eigenvalue weighted by Gasteiger charge is -2.27. The zero-order valence-corrected chi connectivity index (χ0v) is 11.1. The van der Waals surface area contributed by atoms with Crippen LogP contribution in [-0.4, -0.2) is 6.54 Å². The quantitative estimate of drug-likeness (QED) is 0.820. The summed E-state index contributed by atoms with van der Waals surface area (Å²) in [5.41, 5.74) is -0.368. The van der Waals surface area contributed by atoms with E-state index in [0.717, 1.165) is 24.8 Å². The SMILES string of the molecule is CC1CCC(CNc2ccccc2C(F)(F)F)CC1. The van der Waals surface area contributed by atoms with Crippen LogP contribution < -0.4 is 5.32 Å². The van der Waals surface area contributed by atoms with Crippen molar-refractivity contribution in [2.45, 2.75) is 38.8 Å².